The van der Waals surface area contributed by atoms with Crippen LogP contribution in [-0.2, 0) is 21.6 Å². The van der Waals surface area contributed by atoms with Crippen LogP contribution in [-0.4, -0.2) is 47.8 Å². The molecule has 4 heteroatoms. The highest BCUT2D eigenvalue weighted by atomic mass is 16.6. The molecule has 182 valence electrons. The molecule has 0 aromatic heterocycles. The van der Waals surface area contributed by atoms with Gasteiger partial charge in [-0.3, -0.25) is 0 Å². The Balaban J connectivity index is 1.38. The van der Waals surface area contributed by atoms with Crippen molar-refractivity contribution in [3.63, 3.8) is 0 Å². The van der Waals surface area contributed by atoms with Crippen molar-refractivity contribution in [2.75, 3.05) is 26.2 Å². The summed E-state index contributed by atoms with van der Waals surface area (Å²) in [6.07, 6.45) is 3.01. The van der Waals surface area contributed by atoms with E-state index < -0.39 is 11.6 Å². The van der Waals surface area contributed by atoms with E-state index in [2.05, 4.69) is 30.3 Å². The normalized spacial score (nSPS) is 23.7. The van der Waals surface area contributed by atoms with Crippen molar-refractivity contribution in [1.29, 1.82) is 0 Å². The summed E-state index contributed by atoms with van der Waals surface area (Å²) in [5.74, 6) is -0.193. The quantitative estimate of drug-likeness (QED) is 0.393. The van der Waals surface area contributed by atoms with Gasteiger partial charge in [0.05, 0.1) is 19.6 Å². The van der Waals surface area contributed by atoms with Crippen molar-refractivity contribution in [3.8, 4) is 0 Å². The lowest BCUT2D eigenvalue weighted by molar-refractivity contribution is -0.946. The molecule has 35 heavy (non-hydrogen) atoms. The molecule has 1 unspecified atom stereocenters. The van der Waals surface area contributed by atoms with Crippen LogP contribution in [0.2, 0.25) is 0 Å². The molecule has 6 rings (SSSR count). The molecule has 3 aromatic carbocycles. The lowest BCUT2D eigenvalue weighted by atomic mass is 9.82. The maximum Gasteiger partial charge on any atom is 0.348 e. The van der Waals surface area contributed by atoms with Gasteiger partial charge in [-0.2, -0.15) is 0 Å². The predicted octanol–water partition coefficient (Wildman–Crippen LogP) is 4.93. The topological polar surface area (TPSA) is 46.5 Å². The second-order valence-corrected chi connectivity index (χ2v) is 10.7. The van der Waals surface area contributed by atoms with Crippen molar-refractivity contribution in [1.82, 2.24) is 0 Å². The minimum absolute atomic E-state index is 0.164. The molecule has 1 atom stereocenters. The Morgan fingerprint density at radius 3 is 1.97 bits per heavy atom. The minimum atomic E-state index is -1.83. The standard InChI is InChI=1S/C31H36NO3/c1-23-8-12-27(13-9-23)31(34,28-14-10-24(2)11-15-28)30(33)35-29-22-32(20-17-26(29)18-21-32)19-16-25-6-4-3-5-7-25/h3-15,26,29,34H,16-22H2,1-2H3/q+1. The van der Waals surface area contributed by atoms with Gasteiger partial charge < -0.3 is 14.3 Å². The zero-order chi connectivity index (χ0) is 24.5. The Kier molecular flexibility index (Phi) is 6.52. The summed E-state index contributed by atoms with van der Waals surface area (Å²) in [7, 11) is 0. The van der Waals surface area contributed by atoms with Crippen LogP contribution in [0, 0.1) is 19.8 Å². The van der Waals surface area contributed by atoms with E-state index in [4.69, 9.17) is 4.74 Å². The van der Waals surface area contributed by atoms with Crippen LogP contribution in [0.5, 0.6) is 0 Å². The average Bonchev–Trinajstić information content (AvgIpc) is 2.89. The molecule has 3 aliphatic rings. The van der Waals surface area contributed by atoms with Gasteiger partial charge in [0.1, 0.15) is 6.54 Å². The third-order valence-corrected chi connectivity index (χ3v) is 8.25. The lowest BCUT2D eigenvalue weighted by Gasteiger charge is -2.52. The number of aliphatic hydroxyl groups is 1. The van der Waals surface area contributed by atoms with Gasteiger partial charge in [-0.25, -0.2) is 4.79 Å². The Morgan fingerprint density at radius 2 is 1.43 bits per heavy atom. The van der Waals surface area contributed by atoms with E-state index >= 15 is 0 Å². The molecule has 3 aliphatic heterocycles. The number of carbonyl (C=O) groups is 1. The van der Waals surface area contributed by atoms with Gasteiger partial charge in [-0.05, 0) is 30.5 Å². The summed E-state index contributed by atoms with van der Waals surface area (Å²) >= 11 is 0. The third-order valence-electron chi connectivity index (χ3n) is 8.25. The van der Waals surface area contributed by atoms with Crippen molar-refractivity contribution in [3.05, 3.63) is 107 Å². The van der Waals surface area contributed by atoms with Crippen LogP contribution in [0.1, 0.15) is 40.7 Å². The van der Waals surface area contributed by atoms with E-state index in [1.54, 1.807) is 0 Å². The summed E-state index contributed by atoms with van der Waals surface area (Å²) < 4.78 is 7.23. The van der Waals surface area contributed by atoms with Crippen molar-refractivity contribution < 1.29 is 19.1 Å². The fourth-order valence-corrected chi connectivity index (χ4v) is 5.89. The number of aryl methyl sites for hydroxylation is 2. The zero-order valence-corrected chi connectivity index (χ0v) is 20.8. The second-order valence-electron chi connectivity index (χ2n) is 10.7. The lowest BCUT2D eigenvalue weighted by Crippen LogP contribution is -2.65. The van der Waals surface area contributed by atoms with E-state index in [9.17, 15) is 9.90 Å². The number of ether oxygens (including phenoxy) is 1. The van der Waals surface area contributed by atoms with Gasteiger partial charge >= 0.3 is 5.97 Å². The number of hydrogen-bond acceptors (Lipinski definition) is 3. The fourth-order valence-electron chi connectivity index (χ4n) is 5.89. The number of carbonyl (C=O) groups excluding carboxylic acids is 1. The summed E-state index contributed by atoms with van der Waals surface area (Å²) in [6.45, 7) is 8.18. The van der Waals surface area contributed by atoms with Crippen molar-refractivity contribution in [2.45, 2.75) is 44.8 Å². The highest BCUT2D eigenvalue weighted by Crippen LogP contribution is 2.38. The third kappa shape index (κ3) is 4.78. The maximum atomic E-state index is 13.8. The SMILES string of the molecule is Cc1ccc(C(O)(C(=O)OC2C[N+]3(CCc4ccccc4)CCC2CC3)c2ccc(C)cc2)cc1. The van der Waals surface area contributed by atoms with Crippen LogP contribution in [0.25, 0.3) is 0 Å². The molecule has 0 aliphatic carbocycles. The van der Waals surface area contributed by atoms with Crippen molar-refractivity contribution in [2.24, 2.45) is 5.92 Å². The molecule has 0 radical (unpaired) electrons. The first-order valence-electron chi connectivity index (χ1n) is 12.8. The summed E-state index contributed by atoms with van der Waals surface area (Å²) in [6, 6.07) is 25.7. The number of rotatable bonds is 7. The summed E-state index contributed by atoms with van der Waals surface area (Å²) in [5, 5.41) is 11.9. The van der Waals surface area contributed by atoms with Gasteiger partial charge in [0.25, 0.3) is 0 Å². The monoisotopic (exact) mass is 470 g/mol. The number of piperidine rings is 3. The molecule has 0 spiro atoms. The Morgan fingerprint density at radius 1 is 0.886 bits per heavy atom. The van der Waals surface area contributed by atoms with E-state index in [0.717, 1.165) is 61.1 Å². The highest BCUT2D eigenvalue weighted by Gasteiger charge is 2.50. The highest BCUT2D eigenvalue weighted by molar-refractivity contribution is 5.85. The summed E-state index contributed by atoms with van der Waals surface area (Å²) in [4.78, 5) is 13.8. The van der Waals surface area contributed by atoms with Crippen LogP contribution in [0.3, 0.4) is 0 Å². The molecule has 3 fully saturated rings. The molecule has 3 aromatic rings. The molecule has 4 nitrogen and oxygen atoms in total. The number of nitrogens with zero attached hydrogens (tertiary/aromatic N) is 1. The fraction of sp³-hybridized carbons (Fsp3) is 0.387. The average molecular weight is 471 g/mol. The zero-order valence-electron chi connectivity index (χ0n) is 20.8. The number of fused-ring (bicyclic) bond motifs is 3. The molecule has 3 saturated heterocycles. The van der Waals surface area contributed by atoms with E-state index in [0.29, 0.717) is 17.0 Å². The smallest absolute Gasteiger partial charge is 0.348 e. The van der Waals surface area contributed by atoms with E-state index in [1.165, 1.54) is 5.56 Å². The minimum Gasteiger partial charge on any atom is -0.453 e. The first-order valence-corrected chi connectivity index (χ1v) is 12.8. The molecular weight excluding hydrogens is 434 g/mol. The molecule has 0 saturated carbocycles. The number of esters is 1. The number of benzene rings is 3. The first-order chi connectivity index (χ1) is 16.9. The Hall–Kier alpha value is -2.95. The van der Waals surface area contributed by atoms with Crippen molar-refractivity contribution >= 4 is 5.97 Å². The van der Waals surface area contributed by atoms with Gasteiger partial charge in [0.15, 0.2) is 6.10 Å². The van der Waals surface area contributed by atoms with Gasteiger partial charge in [-0.1, -0.05) is 90.0 Å². The van der Waals surface area contributed by atoms with Crippen LogP contribution >= 0.6 is 0 Å². The Labute approximate surface area is 208 Å². The first kappa shape index (κ1) is 23.8. The summed E-state index contributed by atoms with van der Waals surface area (Å²) in [5.41, 5.74) is 2.78. The number of hydrogen-bond donors (Lipinski definition) is 1. The van der Waals surface area contributed by atoms with Gasteiger partial charge in [-0.15, -0.1) is 0 Å². The second kappa shape index (κ2) is 9.60. The molecule has 0 amide bonds. The molecule has 2 bridgehead atoms. The molecule has 3 heterocycles. The van der Waals surface area contributed by atoms with Gasteiger partial charge in [0.2, 0.25) is 5.60 Å². The maximum absolute atomic E-state index is 13.8. The van der Waals surface area contributed by atoms with Crippen LogP contribution in [0.4, 0.5) is 0 Å². The molecule has 1 N–H and O–H groups in total. The van der Waals surface area contributed by atoms with E-state index in [1.807, 2.05) is 62.4 Å². The van der Waals surface area contributed by atoms with E-state index in [-0.39, 0.29) is 6.10 Å². The predicted molar refractivity (Wildman–Crippen MR) is 138 cm³/mol. The largest absolute Gasteiger partial charge is 0.453 e. The van der Waals surface area contributed by atoms with Crippen LogP contribution < -0.4 is 0 Å². The molecular formula is C31H36NO3+. The van der Waals surface area contributed by atoms with Gasteiger partial charge in [0, 0.05) is 25.2 Å². The van der Waals surface area contributed by atoms with Crippen LogP contribution in [0.15, 0.2) is 78.9 Å². The number of quaternary nitrogens is 1. The Bertz CT molecular complexity index is 1100.